The molecule has 0 aliphatic heterocycles. The molecule has 0 aromatic rings. The first-order chi connectivity index (χ1) is 6.07. The number of aliphatic carboxylic acids is 1. The first-order valence-electron chi connectivity index (χ1n) is 5.00. The molecule has 0 radical (unpaired) electrons. The second-order valence-electron chi connectivity index (χ2n) is 3.02. The highest BCUT2D eigenvalue weighted by Gasteiger charge is 2.03. The molecule has 0 spiro atoms. The van der Waals surface area contributed by atoms with Crippen molar-refractivity contribution in [2.75, 3.05) is 0 Å². The lowest BCUT2D eigenvalue weighted by atomic mass is 10.1. The molecule has 0 aliphatic rings. The topological polar surface area (TPSA) is 37.3 Å². The van der Waals surface area contributed by atoms with Gasteiger partial charge in [-0.2, -0.15) is 0 Å². The summed E-state index contributed by atoms with van der Waals surface area (Å²) in [6, 6.07) is 0. The normalized spacial score (nSPS) is 10.8. The largest absolute Gasteiger partial charge is 0.478 e. The average Bonchev–Trinajstić information content (AvgIpc) is 2.08. The van der Waals surface area contributed by atoms with Gasteiger partial charge in [-0.3, -0.25) is 0 Å². The summed E-state index contributed by atoms with van der Waals surface area (Å²) in [5, 5.41) is 8.62. The van der Waals surface area contributed by atoms with Crippen molar-refractivity contribution in [3.05, 3.63) is 11.6 Å². The Bertz CT molecular complexity index is 157. The molecule has 2 nitrogen and oxygen atoms in total. The SMILES string of the molecule is CC.CC/C(=C\CC(C)C)C(=O)O. The fourth-order valence-electron chi connectivity index (χ4n) is 0.761. The van der Waals surface area contributed by atoms with E-state index in [1.54, 1.807) is 0 Å². The van der Waals surface area contributed by atoms with Crippen LogP contribution in [0.1, 0.15) is 47.5 Å². The van der Waals surface area contributed by atoms with Crippen LogP contribution in [0.5, 0.6) is 0 Å². The molecule has 0 unspecified atom stereocenters. The summed E-state index contributed by atoms with van der Waals surface area (Å²) in [5.41, 5.74) is 0.527. The molecule has 13 heavy (non-hydrogen) atoms. The van der Waals surface area contributed by atoms with Crippen LogP contribution in [0, 0.1) is 5.92 Å². The van der Waals surface area contributed by atoms with E-state index in [-0.39, 0.29) is 0 Å². The second-order valence-corrected chi connectivity index (χ2v) is 3.02. The van der Waals surface area contributed by atoms with Crippen molar-refractivity contribution in [2.45, 2.75) is 47.5 Å². The van der Waals surface area contributed by atoms with Crippen LogP contribution in [0.4, 0.5) is 0 Å². The molecular weight excluding hydrogens is 164 g/mol. The van der Waals surface area contributed by atoms with Gasteiger partial charge >= 0.3 is 5.97 Å². The molecule has 0 saturated carbocycles. The Balaban J connectivity index is 0. The third-order valence-electron chi connectivity index (χ3n) is 1.49. The second kappa shape index (κ2) is 9.30. The summed E-state index contributed by atoms with van der Waals surface area (Å²) >= 11 is 0. The highest BCUT2D eigenvalue weighted by molar-refractivity contribution is 5.86. The Kier molecular flexibility index (Phi) is 10.5. The van der Waals surface area contributed by atoms with E-state index >= 15 is 0 Å². The van der Waals surface area contributed by atoms with Gasteiger partial charge in [0.1, 0.15) is 0 Å². The van der Waals surface area contributed by atoms with E-state index in [9.17, 15) is 4.79 Å². The standard InChI is InChI=1S/C9H16O2.C2H6/c1-4-8(9(10)11)6-5-7(2)3;1-2/h6-7H,4-5H2,1-3H3,(H,10,11);1-2H3/b8-6+;. The van der Waals surface area contributed by atoms with E-state index in [1.165, 1.54) is 0 Å². The van der Waals surface area contributed by atoms with E-state index in [2.05, 4.69) is 13.8 Å². The number of hydrogen-bond donors (Lipinski definition) is 1. The number of rotatable bonds is 4. The van der Waals surface area contributed by atoms with Crippen molar-refractivity contribution in [3.8, 4) is 0 Å². The highest BCUT2D eigenvalue weighted by atomic mass is 16.4. The van der Waals surface area contributed by atoms with Crippen LogP contribution >= 0.6 is 0 Å². The Labute approximate surface area is 81.7 Å². The number of carboxylic acids is 1. The zero-order valence-corrected chi connectivity index (χ0v) is 9.42. The maximum atomic E-state index is 10.5. The molecule has 0 aromatic heterocycles. The van der Waals surface area contributed by atoms with Crippen molar-refractivity contribution in [3.63, 3.8) is 0 Å². The first-order valence-corrected chi connectivity index (χ1v) is 5.00. The van der Waals surface area contributed by atoms with Gasteiger partial charge in [0.25, 0.3) is 0 Å². The van der Waals surface area contributed by atoms with Crippen molar-refractivity contribution in [1.82, 2.24) is 0 Å². The molecule has 0 atom stereocenters. The van der Waals surface area contributed by atoms with Crippen molar-refractivity contribution in [2.24, 2.45) is 5.92 Å². The molecule has 0 rings (SSSR count). The van der Waals surface area contributed by atoms with E-state index < -0.39 is 5.97 Å². The Morgan fingerprint density at radius 2 is 1.85 bits per heavy atom. The lowest BCUT2D eigenvalue weighted by Crippen LogP contribution is -1.99. The summed E-state index contributed by atoms with van der Waals surface area (Å²) in [5.74, 6) is -0.246. The van der Waals surface area contributed by atoms with E-state index in [1.807, 2.05) is 26.8 Å². The van der Waals surface area contributed by atoms with Crippen molar-refractivity contribution < 1.29 is 9.90 Å². The lowest BCUT2D eigenvalue weighted by Gasteiger charge is -2.00. The monoisotopic (exact) mass is 186 g/mol. The van der Waals surface area contributed by atoms with Crippen LogP contribution in [0.15, 0.2) is 11.6 Å². The summed E-state index contributed by atoms with van der Waals surface area (Å²) in [7, 11) is 0. The van der Waals surface area contributed by atoms with Gasteiger partial charge in [0.05, 0.1) is 0 Å². The molecule has 2 heteroatoms. The van der Waals surface area contributed by atoms with Crippen LogP contribution in [-0.4, -0.2) is 11.1 Å². The third kappa shape index (κ3) is 9.12. The van der Waals surface area contributed by atoms with Crippen molar-refractivity contribution >= 4 is 5.97 Å². The predicted octanol–water partition coefficient (Wildman–Crippen LogP) is 3.48. The molecular formula is C11H22O2. The number of carboxylic acid groups (broad SMARTS) is 1. The smallest absolute Gasteiger partial charge is 0.331 e. The highest BCUT2D eigenvalue weighted by Crippen LogP contribution is 2.07. The van der Waals surface area contributed by atoms with Crippen molar-refractivity contribution in [1.29, 1.82) is 0 Å². The quantitative estimate of drug-likeness (QED) is 0.682. The molecule has 0 heterocycles. The van der Waals surface area contributed by atoms with Gasteiger partial charge in [-0.05, 0) is 18.8 Å². The van der Waals surface area contributed by atoms with Gasteiger partial charge in [0.2, 0.25) is 0 Å². The summed E-state index contributed by atoms with van der Waals surface area (Å²) in [6.45, 7) is 10.0. The Hall–Kier alpha value is -0.790. The fourth-order valence-corrected chi connectivity index (χ4v) is 0.761. The number of allylic oxidation sites excluding steroid dienone is 1. The third-order valence-corrected chi connectivity index (χ3v) is 1.49. The summed E-state index contributed by atoms with van der Waals surface area (Å²) in [4.78, 5) is 10.5. The minimum absolute atomic E-state index is 0.527. The zero-order valence-electron chi connectivity index (χ0n) is 9.42. The summed E-state index contributed by atoms with van der Waals surface area (Å²) in [6.07, 6.45) is 3.28. The number of carbonyl (C=O) groups is 1. The van der Waals surface area contributed by atoms with Gasteiger partial charge in [-0.1, -0.05) is 40.7 Å². The van der Waals surface area contributed by atoms with E-state index in [4.69, 9.17) is 5.11 Å². The van der Waals surface area contributed by atoms with Crippen LogP contribution in [0.25, 0.3) is 0 Å². The molecule has 0 saturated heterocycles. The van der Waals surface area contributed by atoms with E-state index in [0.29, 0.717) is 17.9 Å². The van der Waals surface area contributed by atoms with Crippen LogP contribution < -0.4 is 0 Å². The maximum absolute atomic E-state index is 10.5. The Morgan fingerprint density at radius 3 is 2.08 bits per heavy atom. The predicted molar refractivity (Wildman–Crippen MR) is 56.8 cm³/mol. The van der Waals surface area contributed by atoms with Gasteiger partial charge in [0.15, 0.2) is 0 Å². The molecule has 78 valence electrons. The van der Waals surface area contributed by atoms with Gasteiger partial charge in [-0.25, -0.2) is 4.79 Å². The summed E-state index contributed by atoms with van der Waals surface area (Å²) < 4.78 is 0. The van der Waals surface area contributed by atoms with Gasteiger partial charge in [-0.15, -0.1) is 0 Å². The molecule has 0 aliphatic carbocycles. The van der Waals surface area contributed by atoms with Gasteiger partial charge in [0, 0.05) is 5.57 Å². The van der Waals surface area contributed by atoms with Crippen LogP contribution in [0.3, 0.4) is 0 Å². The van der Waals surface area contributed by atoms with E-state index in [0.717, 1.165) is 6.42 Å². The molecule has 0 aromatic carbocycles. The zero-order chi connectivity index (χ0) is 10.9. The minimum Gasteiger partial charge on any atom is -0.478 e. The number of hydrogen-bond acceptors (Lipinski definition) is 1. The van der Waals surface area contributed by atoms with Crippen LogP contribution in [0.2, 0.25) is 0 Å². The molecule has 1 N–H and O–H groups in total. The van der Waals surface area contributed by atoms with Crippen LogP contribution in [-0.2, 0) is 4.79 Å². The minimum atomic E-state index is -0.784. The van der Waals surface area contributed by atoms with Gasteiger partial charge < -0.3 is 5.11 Å². The molecule has 0 fully saturated rings. The molecule has 0 bridgehead atoms. The Morgan fingerprint density at radius 1 is 1.38 bits per heavy atom. The lowest BCUT2D eigenvalue weighted by molar-refractivity contribution is -0.132. The maximum Gasteiger partial charge on any atom is 0.331 e. The molecule has 0 amide bonds. The average molecular weight is 186 g/mol. The fraction of sp³-hybridized carbons (Fsp3) is 0.727. The first kappa shape index (κ1) is 14.7.